The molecule has 0 bridgehead atoms. The summed E-state index contributed by atoms with van der Waals surface area (Å²) in [6.07, 6.45) is 1.73. The lowest BCUT2D eigenvalue weighted by Gasteiger charge is -2.36. The number of rotatable bonds is 5. The van der Waals surface area contributed by atoms with E-state index in [9.17, 15) is 9.18 Å². The van der Waals surface area contributed by atoms with Crippen molar-refractivity contribution < 1.29 is 13.6 Å². The number of piperazine rings is 1. The molecule has 1 aromatic heterocycles. The third kappa shape index (κ3) is 4.64. The number of hydrogen-bond donors (Lipinski definition) is 1. The molecule has 2 aromatic rings. The number of anilines is 1. The van der Waals surface area contributed by atoms with Crippen LogP contribution in [-0.4, -0.2) is 52.9 Å². The first-order valence-electron chi connectivity index (χ1n) is 8.45. The molecule has 1 atom stereocenters. The molecule has 7 heteroatoms. The maximum Gasteiger partial charge on any atom is 0.241 e. The summed E-state index contributed by atoms with van der Waals surface area (Å²) < 4.78 is 18.7. The first kappa shape index (κ1) is 17.6. The van der Waals surface area contributed by atoms with Crippen LogP contribution in [0.5, 0.6) is 0 Å². The zero-order valence-corrected chi connectivity index (χ0v) is 14.5. The number of aromatic nitrogens is 1. The van der Waals surface area contributed by atoms with Crippen LogP contribution in [0.2, 0.25) is 0 Å². The molecule has 1 aliphatic rings. The van der Waals surface area contributed by atoms with Crippen molar-refractivity contribution in [3.8, 4) is 0 Å². The van der Waals surface area contributed by atoms with E-state index in [0.29, 0.717) is 12.2 Å². The fourth-order valence-corrected chi connectivity index (χ4v) is 2.95. The molecule has 0 unspecified atom stereocenters. The van der Waals surface area contributed by atoms with Crippen LogP contribution in [0.25, 0.3) is 0 Å². The molecule has 134 valence electrons. The average Bonchev–Trinajstić information content (AvgIpc) is 3.00. The van der Waals surface area contributed by atoms with Gasteiger partial charge in [-0.15, -0.1) is 0 Å². The van der Waals surface area contributed by atoms with E-state index < -0.39 is 0 Å². The second-order valence-corrected chi connectivity index (χ2v) is 6.35. The number of amides is 1. The quantitative estimate of drug-likeness (QED) is 0.900. The van der Waals surface area contributed by atoms with Gasteiger partial charge in [-0.3, -0.25) is 14.6 Å². The summed E-state index contributed by atoms with van der Waals surface area (Å²) in [5, 5.41) is 2.77. The van der Waals surface area contributed by atoms with Crippen LogP contribution in [-0.2, 0) is 11.3 Å². The van der Waals surface area contributed by atoms with E-state index in [4.69, 9.17) is 4.42 Å². The van der Waals surface area contributed by atoms with Gasteiger partial charge in [0, 0.05) is 31.9 Å². The van der Waals surface area contributed by atoms with Gasteiger partial charge in [0.15, 0.2) is 0 Å². The van der Waals surface area contributed by atoms with Gasteiger partial charge in [-0.25, -0.2) is 9.37 Å². The number of halogens is 1. The predicted molar refractivity (Wildman–Crippen MR) is 92.6 cm³/mol. The van der Waals surface area contributed by atoms with E-state index in [0.717, 1.165) is 37.8 Å². The van der Waals surface area contributed by atoms with Gasteiger partial charge in [0.05, 0.1) is 18.8 Å². The Balaban J connectivity index is 1.49. The Kier molecular flexibility index (Phi) is 5.45. The fourth-order valence-electron chi connectivity index (χ4n) is 2.95. The van der Waals surface area contributed by atoms with Gasteiger partial charge in [0.25, 0.3) is 0 Å². The van der Waals surface area contributed by atoms with E-state index in [-0.39, 0.29) is 17.8 Å². The molecular weight excluding hydrogens is 323 g/mol. The van der Waals surface area contributed by atoms with Crippen molar-refractivity contribution >= 4 is 11.6 Å². The Bertz CT molecular complexity index is 725. The molecule has 0 radical (unpaired) electrons. The van der Waals surface area contributed by atoms with Gasteiger partial charge in [-0.1, -0.05) is 6.07 Å². The van der Waals surface area contributed by atoms with Crippen molar-refractivity contribution in [2.24, 2.45) is 0 Å². The van der Waals surface area contributed by atoms with E-state index in [1.54, 1.807) is 18.3 Å². The minimum Gasteiger partial charge on any atom is -0.445 e. The Morgan fingerprint density at radius 3 is 2.76 bits per heavy atom. The molecule has 25 heavy (non-hydrogen) atoms. The van der Waals surface area contributed by atoms with Gasteiger partial charge in [0.1, 0.15) is 11.6 Å². The van der Waals surface area contributed by atoms with Crippen LogP contribution in [0.3, 0.4) is 0 Å². The summed E-state index contributed by atoms with van der Waals surface area (Å²) in [5.41, 5.74) is 0.481. The van der Waals surface area contributed by atoms with Crippen LogP contribution in [0, 0.1) is 12.7 Å². The molecule has 1 saturated heterocycles. The second-order valence-electron chi connectivity index (χ2n) is 6.35. The van der Waals surface area contributed by atoms with Gasteiger partial charge < -0.3 is 9.73 Å². The Morgan fingerprint density at radius 2 is 2.12 bits per heavy atom. The van der Waals surface area contributed by atoms with Crippen molar-refractivity contribution in [1.82, 2.24) is 14.8 Å². The van der Waals surface area contributed by atoms with Gasteiger partial charge in [-0.05, 0) is 32.0 Å². The van der Waals surface area contributed by atoms with E-state index in [2.05, 4.69) is 20.1 Å². The van der Waals surface area contributed by atoms with Crippen LogP contribution in [0.15, 0.2) is 34.9 Å². The Hall–Kier alpha value is -2.25. The molecular formula is C18H23FN4O2. The minimum atomic E-state index is -0.360. The molecule has 1 amide bonds. The topological polar surface area (TPSA) is 61.6 Å². The highest BCUT2D eigenvalue weighted by Crippen LogP contribution is 2.14. The van der Waals surface area contributed by atoms with Gasteiger partial charge in [-0.2, -0.15) is 0 Å². The number of carbonyl (C=O) groups is 1. The van der Waals surface area contributed by atoms with Crippen molar-refractivity contribution in [1.29, 1.82) is 0 Å². The zero-order chi connectivity index (χ0) is 17.8. The third-order valence-corrected chi connectivity index (χ3v) is 4.45. The lowest BCUT2D eigenvalue weighted by molar-refractivity contribution is -0.121. The van der Waals surface area contributed by atoms with E-state index in [1.165, 1.54) is 12.1 Å². The van der Waals surface area contributed by atoms with Crippen LogP contribution in [0.1, 0.15) is 18.6 Å². The van der Waals surface area contributed by atoms with Gasteiger partial charge >= 0.3 is 0 Å². The molecule has 1 aromatic carbocycles. The summed E-state index contributed by atoms with van der Waals surface area (Å²) in [6.45, 7) is 7.72. The minimum absolute atomic E-state index is 0.123. The Labute approximate surface area is 146 Å². The number of benzene rings is 1. The van der Waals surface area contributed by atoms with Crippen molar-refractivity contribution in [3.05, 3.63) is 47.9 Å². The number of oxazole rings is 1. The maximum absolute atomic E-state index is 13.2. The smallest absolute Gasteiger partial charge is 0.241 e. The normalized spacial score (nSPS) is 17.4. The number of nitrogens with one attached hydrogen (secondary N) is 1. The van der Waals surface area contributed by atoms with Crippen molar-refractivity contribution in [3.63, 3.8) is 0 Å². The molecule has 2 heterocycles. The molecule has 1 fully saturated rings. The van der Waals surface area contributed by atoms with Crippen LogP contribution in [0.4, 0.5) is 10.1 Å². The summed E-state index contributed by atoms with van der Waals surface area (Å²) in [5.74, 6) is 1.06. The van der Waals surface area contributed by atoms with E-state index >= 15 is 0 Å². The average molecular weight is 346 g/mol. The first-order chi connectivity index (χ1) is 12.0. The molecule has 0 saturated carbocycles. The lowest BCUT2D eigenvalue weighted by atomic mass is 10.2. The summed E-state index contributed by atoms with van der Waals surface area (Å²) in [4.78, 5) is 21.0. The molecule has 6 nitrogen and oxygen atoms in total. The summed E-state index contributed by atoms with van der Waals surface area (Å²) >= 11 is 0. The summed E-state index contributed by atoms with van der Waals surface area (Å²) in [6, 6.07) is 5.67. The number of hydrogen-bond acceptors (Lipinski definition) is 5. The second kappa shape index (κ2) is 7.76. The molecule has 0 spiro atoms. The zero-order valence-electron chi connectivity index (χ0n) is 14.5. The SMILES string of the molecule is Cc1cnc(CN2CCN([C@@H](C)C(=O)Nc3cccc(F)c3)CC2)o1. The number of nitrogens with zero attached hydrogens (tertiary/aromatic N) is 3. The first-order valence-corrected chi connectivity index (χ1v) is 8.45. The van der Waals surface area contributed by atoms with Crippen LogP contribution >= 0.6 is 0 Å². The standard InChI is InChI=1S/C18H23FN4O2/c1-13-11-20-17(25-13)12-22-6-8-23(9-7-22)14(2)18(24)21-16-5-3-4-15(19)10-16/h3-5,10-11,14H,6-9,12H2,1-2H3,(H,21,24)/t14-/m0/s1. The fraction of sp³-hybridized carbons (Fsp3) is 0.444. The predicted octanol–water partition coefficient (Wildman–Crippen LogP) is 2.27. The monoisotopic (exact) mass is 346 g/mol. The molecule has 3 rings (SSSR count). The molecule has 1 N–H and O–H groups in total. The molecule has 0 aliphatic carbocycles. The number of carbonyl (C=O) groups excluding carboxylic acids is 1. The maximum atomic E-state index is 13.2. The van der Waals surface area contributed by atoms with Crippen LogP contribution < -0.4 is 5.32 Å². The van der Waals surface area contributed by atoms with Crippen molar-refractivity contribution in [2.45, 2.75) is 26.4 Å². The van der Waals surface area contributed by atoms with Crippen molar-refractivity contribution in [2.75, 3.05) is 31.5 Å². The van der Waals surface area contributed by atoms with E-state index in [1.807, 2.05) is 13.8 Å². The number of aryl methyl sites for hydroxylation is 1. The lowest BCUT2D eigenvalue weighted by Crippen LogP contribution is -2.52. The van der Waals surface area contributed by atoms with Gasteiger partial charge in [0.2, 0.25) is 11.8 Å². The summed E-state index contributed by atoms with van der Waals surface area (Å²) in [7, 11) is 0. The largest absolute Gasteiger partial charge is 0.445 e. The highest BCUT2D eigenvalue weighted by atomic mass is 19.1. The highest BCUT2D eigenvalue weighted by molar-refractivity contribution is 5.94. The highest BCUT2D eigenvalue weighted by Gasteiger charge is 2.26. The Morgan fingerprint density at radius 1 is 1.36 bits per heavy atom. The third-order valence-electron chi connectivity index (χ3n) is 4.45. The molecule has 1 aliphatic heterocycles.